The summed E-state index contributed by atoms with van der Waals surface area (Å²) >= 11 is 7.47. The summed E-state index contributed by atoms with van der Waals surface area (Å²) in [5.41, 5.74) is 6.53. The lowest BCUT2D eigenvalue weighted by Gasteiger charge is -2.26. The van der Waals surface area contributed by atoms with Crippen molar-refractivity contribution in [1.29, 1.82) is 0 Å². The van der Waals surface area contributed by atoms with E-state index in [1.807, 2.05) is 84.9 Å². The van der Waals surface area contributed by atoms with Crippen molar-refractivity contribution in [1.82, 2.24) is 9.13 Å². The molecule has 0 spiro atoms. The number of benzene rings is 4. The summed E-state index contributed by atoms with van der Waals surface area (Å²) in [6, 6.07) is 33.1. The van der Waals surface area contributed by atoms with Crippen LogP contribution in [0.2, 0.25) is 5.02 Å². The molecular weight excluding hydrogens is 638 g/mol. The van der Waals surface area contributed by atoms with Gasteiger partial charge in [-0.2, -0.15) is 0 Å². The average molecular weight is 672 g/mol. The van der Waals surface area contributed by atoms with E-state index >= 15 is 0 Å². The highest BCUT2D eigenvalue weighted by molar-refractivity contribution is 7.07. The number of nitrogens with zero attached hydrogens (tertiary/aromatic N) is 3. The van der Waals surface area contributed by atoms with Gasteiger partial charge in [0.1, 0.15) is 0 Å². The molecule has 1 atom stereocenters. The molecule has 0 aliphatic carbocycles. The fourth-order valence-corrected chi connectivity index (χ4v) is 7.39. The number of esters is 1. The van der Waals surface area contributed by atoms with E-state index in [0.29, 0.717) is 38.1 Å². The maximum absolute atomic E-state index is 14.5. The van der Waals surface area contributed by atoms with Crippen LogP contribution in [0.5, 0.6) is 0 Å². The fourth-order valence-electron chi connectivity index (χ4n) is 6.27. The molecule has 6 aromatic rings. The first-order chi connectivity index (χ1) is 23.3. The molecule has 0 fully saturated rings. The molecule has 7 rings (SSSR count). The number of para-hydroxylation sites is 1. The quantitative estimate of drug-likeness (QED) is 0.156. The summed E-state index contributed by atoms with van der Waals surface area (Å²) in [5.74, 6) is -0.152. The van der Waals surface area contributed by atoms with Gasteiger partial charge < -0.3 is 9.30 Å². The lowest BCUT2D eigenvalue weighted by atomic mass is 9.91. The van der Waals surface area contributed by atoms with Gasteiger partial charge in [0.15, 0.2) is 4.80 Å². The number of fused-ring (bicyclic) bond motifs is 2. The number of aromatic nitrogens is 2. The average Bonchev–Trinajstić information content (AvgIpc) is 3.61. The van der Waals surface area contributed by atoms with Crippen LogP contribution in [0, 0.1) is 0 Å². The van der Waals surface area contributed by atoms with Gasteiger partial charge in [0.2, 0.25) is 0 Å². The van der Waals surface area contributed by atoms with Crippen molar-refractivity contribution in [3.63, 3.8) is 0 Å². The molecular formula is C40H34ClN3O3S. The first-order valence-corrected chi connectivity index (χ1v) is 17.2. The van der Waals surface area contributed by atoms with E-state index < -0.39 is 12.0 Å². The Hall–Kier alpha value is -4.98. The van der Waals surface area contributed by atoms with Crippen LogP contribution in [0.25, 0.3) is 22.7 Å². The van der Waals surface area contributed by atoms with Crippen LogP contribution in [0.15, 0.2) is 125 Å². The highest BCUT2D eigenvalue weighted by Gasteiger charge is 2.35. The molecule has 0 saturated heterocycles. The number of hydrogen-bond donors (Lipinski definition) is 0. The minimum Gasteiger partial charge on any atom is -0.463 e. The lowest BCUT2D eigenvalue weighted by Crippen LogP contribution is -2.40. The van der Waals surface area contributed by atoms with Crippen LogP contribution in [0.3, 0.4) is 0 Å². The Bertz CT molecular complexity index is 2350. The first kappa shape index (κ1) is 31.6. The summed E-state index contributed by atoms with van der Waals surface area (Å²) in [6.07, 6.45) is 4.03. The molecule has 1 aliphatic rings. The summed E-state index contributed by atoms with van der Waals surface area (Å²) in [7, 11) is 0. The summed E-state index contributed by atoms with van der Waals surface area (Å²) in [6.45, 7) is 6.92. The van der Waals surface area contributed by atoms with Crippen molar-refractivity contribution >= 4 is 51.6 Å². The Kier molecular flexibility index (Phi) is 8.73. The van der Waals surface area contributed by atoms with E-state index in [1.54, 1.807) is 11.5 Å². The minimum absolute atomic E-state index is 0.202. The van der Waals surface area contributed by atoms with E-state index in [-0.39, 0.29) is 12.2 Å². The normalized spacial score (nSPS) is 14.8. The topological polar surface area (TPSA) is 65.6 Å². The molecule has 0 unspecified atom stereocenters. The number of rotatable bonds is 8. The van der Waals surface area contributed by atoms with Crippen LogP contribution < -0.4 is 14.9 Å². The number of carbonyl (C=O) groups excluding carboxylic acids is 1. The van der Waals surface area contributed by atoms with Crippen LogP contribution in [-0.2, 0) is 16.1 Å². The maximum atomic E-state index is 14.5. The van der Waals surface area contributed by atoms with Crippen LogP contribution in [0.1, 0.15) is 60.5 Å². The number of halogens is 1. The zero-order valence-electron chi connectivity index (χ0n) is 26.9. The monoisotopic (exact) mass is 671 g/mol. The van der Waals surface area contributed by atoms with Gasteiger partial charge in [-0.15, -0.1) is 0 Å². The van der Waals surface area contributed by atoms with Crippen molar-refractivity contribution in [2.75, 3.05) is 6.61 Å². The largest absolute Gasteiger partial charge is 0.463 e. The van der Waals surface area contributed by atoms with E-state index in [9.17, 15) is 9.59 Å². The van der Waals surface area contributed by atoms with E-state index in [0.717, 1.165) is 33.2 Å². The Morgan fingerprint density at radius 3 is 2.38 bits per heavy atom. The molecule has 240 valence electrons. The molecule has 0 N–H and O–H groups in total. The van der Waals surface area contributed by atoms with E-state index in [1.165, 1.54) is 16.9 Å². The molecule has 6 nitrogen and oxygen atoms in total. The Morgan fingerprint density at radius 1 is 0.958 bits per heavy atom. The van der Waals surface area contributed by atoms with Gasteiger partial charge >= 0.3 is 5.97 Å². The summed E-state index contributed by atoms with van der Waals surface area (Å²) in [5, 5.41) is 1.73. The highest BCUT2D eigenvalue weighted by Crippen LogP contribution is 2.35. The third-order valence-corrected chi connectivity index (χ3v) is 9.90. The molecule has 2 aromatic heterocycles. The number of carbonyl (C=O) groups is 1. The second kappa shape index (κ2) is 13.3. The summed E-state index contributed by atoms with van der Waals surface area (Å²) in [4.78, 5) is 33.8. The van der Waals surface area contributed by atoms with Crippen LogP contribution in [0.4, 0.5) is 0 Å². The first-order valence-electron chi connectivity index (χ1n) is 16.0. The van der Waals surface area contributed by atoms with Gasteiger partial charge in [0.05, 0.1) is 28.5 Å². The van der Waals surface area contributed by atoms with Gasteiger partial charge in [-0.3, -0.25) is 9.36 Å². The van der Waals surface area contributed by atoms with Gasteiger partial charge in [0, 0.05) is 39.8 Å². The maximum Gasteiger partial charge on any atom is 0.338 e. The number of ether oxygens (including phenoxy) is 1. The SMILES string of the molecule is CCOC(=O)C1=C(c2ccccc2)N=c2s/c(=C\c3cn(Cc4ccc(Cl)cc4)c4ccccc34)c(=O)n2[C@H]1c1ccc(C(C)C)cc1. The van der Waals surface area contributed by atoms with Gasteiger partial charge in [-0.05, 0) is 53.8 Å². The molecule has 48 heavy (non-hydrogen) atoms. The van der Waals surface area contributed by atoms with Gasteiger partial charge in [-0.25, -0.2) is 9.79 Å². The molecule has 8 heteroatoms. The Labute approximate surface area is 287 Å². The fraction of sp³-hybridized carbons (Fsp3) is 0.175. The molecule has 0 bridgehead atoms. The predicted octanol–water partition coefficient (Wildman–Crippen LogP) is 7.72. The Morgan fingerprint density at radius 2 is 1.67 bits per heavy atom. The van der Waals surface area contributed by atoms with E-state index in [2.05, 4.69) is 48.9 Å². The molecule has 4 aromatic carbocycles. The minimum atomic E-state index is -0.717. The smallest absolute Gasteiger partial charge is 0.338 e. The zero-order chi connectivity index (χ0) is 33.4. The second-order valence-electron chi connectivity index (χ2n) is 12.1. The third-order valence-electron chi connectivity index (χ3n) is 8.66. The van der Waals surface area contributed by atoms with Gasteiger partial charge in [-0.1, -0.05) is 122 Å². The second-order valence-corrected chi connectivity index (χ2v) is 13.6. The Balaban J connectivity index is 1.44. The number of hydrogen-bond acceptors (Lipinski definition) is 5. The lowest BCUT2D eigenvalue weighted by molar-refractivity contribution is -0.138. The zero-order valence-corrected chi connectivity index (χ0v) is 28.5. The molecule has 0 amide bonds. The standard InChI is InChI=1S/C40H34ClN3O3S/c1-4-47-39(46)35-36(28-10-6-5-7-11-28)42-40-44(37(35)29-18-16-27(17-19-29)25(2)3)38(45)34(48-40)22-30-24-43(33-13-9-8-12-32(30)33)23-26-14-20-31(41)21-15-26/h5-22,24-25,37H,4,23H2,1-3H3/b34-22-/t37-/m0/s1. The third kappa shape index (κ3) is 5.96. The van der Waals surface area contributed by atoms with E-state index in [4.69, 9.17) is 21.3 Å². The van der Waals surface area contributed by atoms with Crippen molar-refractivity contribution in [2.45, 2.75) is 39.3 Å². The molecule has 3 heterocycles. The molecule has 0 radical (unpaired) electrons. The highest BCUT2D eigenvalue weighted by atomic mass is 35.5. The van der Waals surface area contributed by atoms with Gasteiger partial charge in [0.25, 0.3) is 5.56 Å². The molecule has 1 aliphatic heterocycles. The van der Waals surface area contributed by atoms with Crippen LogP contribution in [-0.4, -0.2) is 21.7 Å². The van der Waals surface area contributed by atoms with Crippen molar-refractivity contribution in [3.8, 4) is 0 Å². The molecule has 0 saturated carbocycles. The predicted molar refractivity (Wildman–Crippen MR) is 194 cm³/mol. The number of thiazole rings is 1. The van der Waals surface area contributed by atoms with Crippen LogP contribution >= 0.6 is 22.9 Å². The summed E-state index contributed by atoms with van der Waals surface area (Å²) < 4.78 is 10.0. The van der Waals surface area contributed by atoms with Crippen molar-refractivity contribution < 1.29 is 9.53 Å². The van der Waals surface area contributed by atoms with Crippen molar-refractivity contribution in [3.05, 3.63) is 167 Å². The van der Waals surface area contributed by atoms with Crippen molar-refractivity contribution in [2.24, 2.45) is 4.99 Å².